The minimum atomic E-state index is -0.319. The fraction of sp³-hybridized carbons (Fsp3) is 0.207. The van der Waals surface area contributed by atoms with Crippen molar-refractivity contribution in [2.75, 3.05) is 18.0 Å². The van der Waals surface area contributed by atoms with E-state index in [-0.39, 0.29) is 23.9 Å². The summed E-state index contributed by atoms with van der Waals surface area (Å²) in [6, 6.07) is 20.9. The number of carbonyl (C=O) groups excluding carboxylic acids is 1. The molecular formula is C29H28N4O3. The van der Waals surface area contributed by atoms with Gasteiger partial charge in [-0.2, -0.15) is 5.10 Å². The second kappa shape index (κ2) is 9.70. The standard InChI is InChI=1S/C29H28N4O3/c1-19-13-14-25(20(2)16-19)33-28(35)23-11-5-4-10-22(23)24(29(33)36)17-30-31-27(34)18-32-15-7-9-21-8-3-6-12-26(21)32/h3-6,8,10-14,16-17,36H,7,9,15,18H2,1-2H3,(H,31,34). The van der Waals surface area contributed by atoms with Crippen molar-refractivity contribution in [1.29, 1.82) is 0 Å². The molecule has 0 saturated heterocycles. The van der Waals surface area contributed by atoms with Gasteiger partial charge in [0.05, 0.1) is 24.0 Å². The molecule has 1 aliphatic rings. The smallest absolute Gasteiger partial charge is 0.265 e. The largest absolute Gasteiger partial charge is 0.494 e. The van der Waals surface area contributed by atoms with Gasteiger partial charge in [0.1, 0.15) is 0 Å². The Bertz CT molecular complexity index is 1550. The van der Waals surface area contributed by atoms with E-state index in [1.165, 1.54) is 16.3 Å². The Morgan fingerprint density at radius 1 is 1.03 bits per heavy atom. The van der Waals surface area contributed by atoms with Crippen molar-refractivity contribution in [3.8, 4) is 11.6 Å². The molecule has 1 amide bonds. The summed E-state index contributed by atoms with van der Waals surface area (Å²) in [7, 11) is 0. The summed E-state index contributed by atoms with van der Waals surface area (Å²) in [6.45, 7) is 4.86. The van der Waals surface area contributed by atoms with Crippen LogP contribution in [-0.4, -0.2) is 34.9 Å². The van der Waals surface area contributed by atoms with Crippen LogP contribution >= 0.6 is 0 Å². The molecule has 1 aromatic heterocycles. The molecule has 2 heterocycles. The number of carbonyl (C=O) groups is 1. The van der Waals surface area contributed by atoms with E-state index in [1.54, 1.807) is 24.3 Å². The van der Waals surface area contributed by atoms with Crippen molar-refractivity contribution < 1.29 is 9.90 Å². The lowest BCUT2D eigenvalue weighted by molar-refractivity contribution is -0.119. The highest BCUT2D eigenvalue weighted by molar-refractivity contribution is 6.02. The summed E-state index contributed by atoms with van der Waals surface area (Å²) in [5.74, 6) is -0.483. The van der Waals surface area contributed by atoms with E-state index in [0.717, 1.165) is 36.2 Å². The lowest BCUT2D eigenvalue weighted by atomic mass is 10.0. The van der Waals surface area contributed by atoms with Crippen LogP contribution in [0.4, 0.5) is 5.69 Å². The van der Waals surface area contributed by atoms with E-state index >= 15 is 0 Å². The molecule has 0 atom stereocenters. The third-order valence-corrected chi connectivity index (χ3v) is 6.62. The van der Waals surface area contributed by atoms with E-state index in [4.69, 9.17) is 0 Å². The van der Waals surface area contributed by atoms with Crippen LogP contribution in [0.2, 0.25) is 0 Å². The van der Waals surface area contributed by atoms with Crippen molar-refractivity contribution in [1.82, 2.24) is 9.99 Å². The van der Waals surface area contributed by atoms with Crippen LogP contribution in [0, 0.1) is 13.8 Å². The van der Waals surface area contributed by atoms with Gasteiger partial charge in [0, 0.05) is 23.0 Å². The number of aromatic nitrogens is 1. The number of amides is 1. The zero-order valence-electron chi connectivity index (χ0n) is 20.4. The zero-order valence-corrected chi connectivity index (χ0v) is 20.4. The Labute approximate surface area is 209 Å². The first-order chi connectivity index (χ1) is 17.4. The third kappa shape index (κ3) is 4.35. The number of nitrogens with one attached hydrogen (secondary N) is 1. The molecule has 4 aromatic rings. The fourth-order valence-electron chi connectivity index (χ4n) is 4.92. The number of hydrogen-bond donors (Lipinski definition) is 2. The lowest BCUT2D eigenvalue weighted by Gasteiger charge is -2.30. The molecule has 0 bridgehead atoms. The van der Waals surface area contributed by atoms with Crippen LogP contribution in [0.5, 0.6) is 5.88 Å². The summed E-state index contributed by atoms with van der Waals surface area (Å²) < 4.78 is 1.30. The Kier molecular flexibility index (Phi) is 6.29. The van der Waals surface area contributed by atoms with Gasteiger partial charge < -0.3 is 10.0 Å². The maximum absolute atomic E-state index is 13.3. The summed E-state index contributed by atoms with van der Waals surface area (Å²) in [6.07, 6.45) is 3.40. The average molecular weight is 481 g/mol. The van der Waals surface area contributed by atoms with Gasteiger partial charge in [-0.25, -0.2) is 9.99 Å². The number of hydrogen-bond acceptors (Lipinski definition) is 5. The number of para-hydroxylation sites is 1. The van der Waals surface area contributed by atoms with Gasteiger partial charge in [0.2, 0.25) is 5.88 Å². The topological polar surface area (TPSA) is 86.9 Å². The molecule has 0 unspecified atom stereocenters. The Morgan fingerprint density at radius 3 is 2.58 bits per heavy atom. The molecule has 0 aliphatic carbocycles. The van der Waals surface area contributed by atoms with Gasteiger partial charge in [-0.1, -0.05) is 54.1 Å². The van der Waals surface area contributed by atoms with Gasteiger partial charge in [-0.05, 0) is 56.0 Å². The monoisotopic (exact) mass is 480 g/mol. The van der Waals surface area contributed by atoms with E-state index in [9.17, 15) is 14.7 Å². The second-order valence-electron chi connectivity index (χ2n) is 9.16. The number of pyridine rings is 1. The van der Waals surface area contributed by atoms with Crippen molar-refractivity contribution in [3.63, 3.8) is 0 Å². The van der Waals surface area contributed by atoms with E-state index < -0.39 is 0 Å². The number of aryl methyl sites for hydroxylation is 3. The second-order valence-corrected chi connectivity index (χ2v) is 9.16. The van der Waals surface area contributed by atoms with Gasteiger partial charge in [0.15, 0.2) is 0 Å². The molecular weight excluding hydrogens is 452 g/mol. The first-order valence-electron chi connectivity index (χ1n) is 12.0. The van der Waals surface area contributed by atoms with Crippen molar-refractivity contribution >= 4 is 28.6 Å². The summed E-state index contributed by atoms with van der Waals surface area (Å²) in [5.41, 5.74) is 7.45. The minimum absolute atomic E-state index is 0.184. The molecule has 7 heteroatoms. The number of aromatic hydroxyl groups is 1. The number of rotatable bonds is 5. The lowest BCUT2D eigenvalue weighted by Crippen LogP contribution is -2.38. The Balaban J connectivity index is 1.45. The van der Waals surface area contributed by atoms with E-state index in [2.05, 4.69) is 21.5 Å². The van der Waals surface area contributed by atoms with Crippen LogP contribution < -0.4 is 15.9 Å². The molecule has 3 aromatic carbocycles. The predicted molar refractivity (Wildman–Crippen MR) is 143 cm³/mol. The first kappa shape index (κ1) is 23.4. The predicted octanol–water partition coefficient (Wildman–Crippen LogP) is 4.22. The number of fused-ring (bicyclic) bond motifs is 2. The summed E-state index contributed by atoms with van der Waals surface area (Å²) >= 11 is 0. The number of benzene rings is 3. The van der Waals surface area contributed by atoms with Crippen molar-refractivity contribution in [2.24, 2.45) is 5.10 Å². The normalized spacial score (nSPS) is 13.2. The Hall–Kier alpha value is -4.39. The highest BCUT2D eigenvalue weighted by Gasteiger charge is 2.19. The maximum Gasteiger partial charge on any atom is 0.265 e. The van der Waals surface area contributed by atoms with Gasteiger partial charge in [-0.3, -0.25) is 9.59 Å². The van der Waals surface area contributed by atoms with Crippen molar-refractivity contribution in [2.45, 2.75) is 26.7 Å². The van der Waals surface area contributed by atoms with E-state index in [1.807, 2.05) is 50.2 Å². The number of hydrazone groups is 1. The molecule has 0 radical (unpaired) electrons. The summed E-state index contributed by atoms with van der Waals surface area (Å²) in [4.78, 5) is 28.1. The van der Waals surface area contributed by atoms with Crippen LogP contribution in [0.3, 0.4) is 0 Å². The Morgan fingerprint density at radius 2 is 1.78 bits per heavy atom. The highest BCUT2D eigenvalue weighted by Crippen LogP contribution is 2.28. The van der Waals surface area contributed by atoms with Gasteiger partial charge in [0.25, 0.3) is 11.5 Å². The number of anilines is 1. The van der Waals surface area contributed by atoms with Gasteiger partial charge in [-0.15, -0.1) is 0 Å². The third-order valence-electron chi connectivity index (χ3n) is 6.62. The van der Waals surface area contributed by atoms with E-state index in [0.29, 0.717) is 22.0 Å². The molecule has 7 nitrogen and oxygen atoms in total. The van der Waals surface area contributed by atoms with Crippen LogP contribution in [0.1, 0.15) is 28.7 Å². The molecule has 0 saturated carbocycles. The molecule has 0 fully saturated rings. The van der Waals surface area contributed by atoms with Gasteiger partial charge >= 0.3 is 0 Å². The molecule has 5 rings (SSSR count). The number of nitrogens with zero attached hydrogens (tertiary/aromatic N) is 3. The molecule has 36 heavy (non-hydrogen) atoms. The molecule has 1 aliphatic heterocycles. The van der Waals surface area contributed by atoms with Crippen LogP contribution in [-0.2, 0) is 11.2 Å². The first-order valence-corrected chi connectivity index (χ1v) is 12.0. The highest BCUT2D eigenvalue weighted by atomic mass is 16.3. The quantitative estimate of drug-likeness (QED) is 0.331. The molecule has 2 N–H and O–H groups in total. The minimum Gasteiger partial charge on any atom is -0.494 e. The van der Waals surface area contributed by atoms with Crippen LogP contribution in [0.25, 0.3) is 16.5 Å². The SMILES string of the molecule is Cc1ccc(-n2c(O)c(C=NNC(=O)CN3CCCc4ccccc43)c3ccccc3c2=O)c(C)c1. The molecule has 0 spiro atoms. The van der Waals surface area contributed by atoms with Crippen molar-refractivity contribution in [3.05, 3.63) is 99.3 Å². The van der Waals surface area contributed by atoms with Crippen LogP contribution in [0.15, 0.2) is 76.6 Å². The zero-order chi connectivity index (χ0) is 25.2. The summed E-state index contributed by atoms with van der Waals surface area (Å²) in [5, 5.41) is 16.4. The molecule has 182 valence electrons. The fourth-order valence-corrected chi connectivity index (χ4v) is 4.92. The maximum atomic E-state index is 13.3. The average Bonchev–Trinajstić information content (AvgIpc) is 2.87.